The van der Waals surface area contributed by atoms with Crippen molar-refractivity contribution in [2.24, 2.45) is 0 Å². The molecule has 0 saturated heterocycles. The zero-order chi connectivity index (χ0) is 16.8. The van der Waals surface area contributed by atoms with E-state index < -0.39 is 5.82 Å². The third-order valence-corrected chi connectivity index (χ3v) is 4.11. The molecule has 0 saturated carbocycles. The molecule has 0 atom stereocenters. The highest BCUT2D eigenvalue weighted by Crippen LogP contribution is 2.29. The lowest BCUT2D eigenvalue weighted by Crippen LogP contribution is -2.09. The number of rotatable bonds is 6. The molecule has 5 heteroatoms. The van der Waals surface area contributed by atoms with Crippen molar-refractivity contribution in [2.45, 2.75) is 33.3 Å². The predicted molar refractivity (Wildman–Crippen MR) is 90.2 cm³/mol. The topological polar surface area (TPSA) is 35.5 Å². The van der Waals surface area contributed by atoms with Crippen LogP contribution in [0.3, 0.4) is 0 Å². The molecule has 0 unspecified atom stereocenters. The summed E-state index contributed by atoms with van der Waals surface area (Å²) < 4.78 is 25.6. The van der Waals surface area contributed by atoms with Gasteiger partial charge in [-0.05, 0) is 36.2 Å². The van der Waals surface area contributed by atoms with Gasteiger partial charge in [0.15, 0.2) is 11.6 Å². The molecule has 3 nitrogen and oxygen atoms in total. The van der Waals surface area contributed by atoms with Crippen molar-refractivity contribution < 1.29 is 18.7 Å². The van der Waals surface area contributed by atoms with E-state index in [1.165, 1.54) is 6.07 Å². The fraction of sp³-hybridized carbons (Fsp3) is 0.278. The first-order valence-corrected chi connectivity index (χ1v) is 8.23. The lowest BCUT2D eigenvalue weighted by Gasteiger charge is -2.13. The minimum Gasteiger partial charge on any atom is -0.486 e. The second-order valence-corrected chi connectivity index (χ2v) is 5.81. The van der Waals surface area contributed by atoms with Crippen LogP contribution in [-0.2, 0) is 17.8 Å². The maximum atomic E-state index is 14.0. The second-order valence-electron chi connectivity index (χ2n) is 4.95. The van der Waals surface area contributed by atoms with Gasteiger partial charge in [0, 0.05) is 16.5 Å². The number of carbonyl (C=O) groups excluding carboxylic acids is 1. The van der Waals surface area contributed by atoms with Crippen LogP contribution in [-0.4, -0.2) is 5.97 Å². The largest absolute Gasteiger partial charge is 0.486 e. The van der Waals surface area contributed by atoms with Crippen molar-refractivity contribution >= 4 is 21.9 Å². The summed E-state index contributed by atoms with van der Waals surface area (Å²) in [6, 6.07) is 10.2. The molecule has 0 heterocycles. The molecule has 0 spiro atoms. The lowest BCUT2D eigenvalue weighted by molar-refractivity contribution is -0.134. The highest BCUT2D eigenvalue weighted by Gasteiger charge is 2.13. The van der Waals surface area contributed by atoms with Crippen LogP contribution in [0.1, 0.15) is 31.4 Å². The van der Waals surface area contributed by atoms with Crippen molar-refractivity contribution in [1.29, 1.82) is 0 Å². The van der Waals surface area contributed by atoms with Crippen molar-refractivity contribution in [3.8, 4) is 11.5 Å². The SMILES string of the molecule is CCC(=O)Oc1cccc(Br)c1COc1ccc(CC)cc1F. The average molecular weight is 381 g/mol. The molecule has 0 amide bonds. The summed E-state index contributed by atoms with van der Waals surface area (Å²) in [6.07, 6.45) is 1.04. The number of esters is 1. The van der Waals surface area contributed by atoms with Gasteiger partial charge in [-0.1, -0.05) is 41.9 Å². The molecular weight excluding hydrogens is 363 g/mol. The molecule has 0 aromatic heterocycles. The number of carbonyl (C=O) groups is 1. The normalized spacial score (nSPS) is 10.4. The van der Waals surface area contributed by atoms with Crippen LogP contribution >= 0.6 is 15.9 Å². The minimum atomic E-state index is -0.400. The third kappa shape index (κ3) is 4.55. The maximum absolute atomic E-state index is 14.0. The molecule has 2 aromatic carbocycles. The Balaban J connectivity index is 2.18. The molecule has 0 bridgehead atoms. The van der Waals surface area contributed by atoms with Crippen molar-refractivity contribution in [2.75, 3.05) is 0 Å². The van der Waals surface area contributed by atoms with Gasteiger partial charge in [0.25, 0.3) is 0 Å². The molecule has 0 aliphatic heterocycles. The Morgan fingerprint density at radius 2 is 1.96 bits per heavy atom. The summed E-state index contributed by atoms with van der Waals surface area (Å²) in [5.41, 5.74) is 1.57. The second kappa shape index (κ2) is 8.11. The van der Waals surface area contributed by atoms with E-state index in [9.17, 15) is 9.18 Å². The van der Waals surface area contributed by atoms with Gasteiger partial charge >= 0.3 is 5.97 Å². The van der Waals surface area contributed by atoms with Gasteiger partial charge in [-0.25, -0.2) is 4.39 Å². The quantitative estimate of drug-likeness (QED) is 0.519. The molecule has 0 radical (unpaired) electrons. The monoisotopic (exact) mass is 380 g/mol. The lowest BCUT2D eigenvalue weighted by atomic mass is 10.1. The standard InChI is InChI=1S/C18H18BrFO3/c1-3-12-8-9-17(15(20)10-12)22-11-13-14(19)6-5-7-16(13)23-18(21)4-2/h5-10H,3-4,11H2,1-2H3. The molecule has 0 fully saturated rings. The average Bonchev–Trinajstić information content (AvgIpc) is 2.55. The summed E-state index contributed by atoms with van der Waals surface area (Å²) in [7, 11) is 0. The Bertz CT molecular complexity index is 701. The Hall–Kier alpha value is -1.88. The zero-order valence-electron chi connectivity index (χ0n) is 13.1. The van der Waals surface area contributed by atoms with Crippen LogP contribution in [0.2, 0.25) is 0 Å². The van der Waals surface area contributed by atoms with Gasteiger partial charge in [-0.3, -0.25) is 4.79 Å². The van der Waals surface area contributed by atoms with E-state index in [1.54, 1.807) is 25.1 Å². The molecule has 2 aromatic rings. The Morgan fingerprint density at radius 1 is 1.17 bits per heavy atom. The first-order chi connectivity index (χ1) is 11.0. The smallest absolute Gasteiger partial charge is 0.310 e. The first kappa shape index (κ1) is 17.5. The van der Waals surface area contributed by atoms with Crippen molar-refractivity contribution in [3.05, 3.63) is 57.8 Å². The number of halogens is 2. The van der Waals surface area contributed by atoms with Gasteiger partial charge in [0.2, 0.25) is 0 Å². The molecular formula is C18H18BrFO3. The summed E-state index contributed by atoms with van der Waals surface area (Å²) in [5.74, 6) is -0.145. The molecule has 0 aliphatic carbocycles. The Kier molecular flexibility index (Phi) is 6.16. The predicted octanol–water partition coefficient (Wildman–Crippen LogP) is 5.05. The minimum absolute atomic E-state index is 0.0934. The fourth-order valence-corrected chi connectivity index (χ4v) is 2.46. The Labute approximate surface area is 143 Å². The van der Waals surface area contributed by atoms with Gasteiger partial charge in [0.05, 0.1) is 0 Å². The highest BCUT2D eigenvalue weighted by molar-refractivity contribution is 9.10. The zero-order valence-corrected chi connectivity index (χ0v) is 14.7. The van der Waals surface area contributed by atoms with Crippen LogP contribution in [0.25, 0.3) is 0 Å². The molecule has 0 aliphatic rings. The van der Waals surface area contributed by atoms with Crippen LogP contribution < -0.4 is 9.47 Å². The molecule has 122 valence electrons. The van der Waals surface area contributed by atoms with Gasteiger partial charge in [-0.15, -0.1) is 0 Å². The van der Waals surface area contributed by atoms with E-state index in [1.807, 2.05) is 19.1 Å². The summed E-state index contributed by atoms with van der Waals surface area (Å²) >= 11 is 3.41. The fourth-order valence-electron chi connectivity index (χ4n) is 2.00. The molecule has 2 rings (SSSR count). The van der Waals surface area contributed by atoms with E-state index in [-0.39, 0.29) is 24.7 Å². The maximum Gasteiger partial charge on any atom is 0.310 e. The van der Waals surface area contributed by atoms with Crippen molar-refractivity contribution in [3.63, 3.8) is 0 Å². The first-order valence-electron chi connectivity index (χ1n) is 7.44. The van der Waals surface area contributed by atoms with E-state index in [4.69, 9.17) is 9.47 Å². The van der Waals surface area contributed by atoms with Crippen LogP contribution in [0.5, 0.6) is 11.5 Å². The molecule has 23 heavy (non-hydrogen) atoms. The van der Waals surface area contributed by atoms with E-state index in [2.05, 4.69) is 15.9 Å². The Morgan fingerprint density at radius 3 is 2.61 bits per heavy atom. The summed E-state index contributed by atoms with van der Waals surface area (Å²) in [4.78, 5) is 11.5. The number of hydrogen-bond acceptors (Lipinski definition) is 3. The van der Waals surface area contributed by atoms with Crippen LogP contribution in [0.4, 0.5) is 4.39 Å². The van der Waals surface area contributed by atoms with E-state index in [0.717, 1.165) is 16.5 Å². The van der Waals surface area contributed by atoms with E-state index in [0.29, 0.717) is 11.3 Å². The van der Waals surface area contributed by atoms with Crippen molar-refractivity contribution in [1.82, 2.24) is 0 Å². The third-order valence-electron chi connectivity index (χ3n) is 3.36. The van der Waals surface area contributed by atoms with Crippen LogP contribution in [0, 0.1) is 5.82 Å². The van der Waals surface area contributed by atoms with Gasteiger partial charge in [0.1, 0.15) is 12.4 Å². The number of hydrogen-bond donors (Lipinski definition) is 0. The van der Waals surface area contributed by atoms with Gasteiger partial charge in [-0.2, -0.15) is 0 Å². The van der Waals surface area contributed by atoms with Gasteiger partial charge < -0.3 is 9.47 Å². The van der Waals surface area contributed by atoms with E-state index >= 15 is 0 Å². The summed E-state index contributed by atoms with van der Waals surface area (Å²) in [6.45, 7) is 3.78. The number of benzene rings is 2. The number of ether oxygens (including phenoxy) is 2. The van der Waals surface area contributed by atoms with Crippen LogP contribution in [0.15, 0.2) is 40.9 Å². The highest BCUT2D eigenvalue weighted by atomic mass is 79.9. The number of aryl methyl sites for hydroxylation is 1. The molecule has 0 N–H and O–H groups in total. The summed E-state index contributed by atoms with van der Waals surface area (Å²) in [5, 5.41) is 0.